The average Bonchev–Trinajstić information content (AvgIpc) is 3.57. The largest absolute Gasteiger partial charge is 0.507 e. The second-order valence-electron chi connectivity index (χ2n) is 9.70. The van der Waals surface area contributed by atoms with Gasteiger partial charge in [0.1, 0.15) is 23.0 Å². The van der Waals surface area contributed by atoms with E-state index in [1.165, 1.54) is 17.8 Å². The fraction of sp³-hybridized carbons (Fsp3) is 0.480. The highest BCUT2D eigenvalue weighted by atomic mass is 32.1. The maximum Gasteiger partial charge on any atom is 0.185 e. The van der Waals surface area contributed by atoms with E-state index in [1.807, 2.05) is 12.1 Å². The molecule has 0 aliphatic heterocycles. The first-order valence-electron chi connectivity index (χ1n) is 11.9. The lowest BCUT2D eigenvalue weighted by Gasteiger charge is -2.46. The highest BCUT2D eigenvalue weighted by Crippen LogP contribution is 2.46. The Balaban J connectivity index is 1.25. The molecule has 0 saturated heterocycles. The Bertz CT molecular complexity index is 1240. The topological polar surface area (TPSA) is 98.8 Å². The van der Waals surface area contributed by atoms with Gasteiger partial charge in [0.05, 0.1) is 17.8 Å². The summed E-state index contributed by atoms with van der Waals surface area (Å²) in [5.74, 6) is 1.73. The molecule has 3 saturated carbocycles. The van der Waals surface area contributed by atoms with Crippen LogP contribution in [0.5, 0.6) is 5.75 Å². The number of aromatic hydroxyl groups is 1. The number of fused-ring (bicyclic) bond motifs is 2. The van der Waals surface area contributed by atoms with Crippen LogP contribution in [0.25, 0.3) is 22.0 Å². The van der Waals surface area contributed by atoms with Crippen molar-refractivity contribution >= 4 is 17.2 Å². The number of phenols is 1. The van der Waals surface area contributed by atoms with Gasteiger partial charge >= 0.3 is 0 Å². The smallest absolute Gasteiger partial charge is 0.185 e. The fourth-order valence-electron chi connectivity index (χ4n) is 5.69. The molecule has 1 N–H and O–H groups in total. The third kappa shape index (κ3) is 3.90. The van der Waals surface area contributed by atoms with Crippen molar-refractivity contribution in [1.82, 2.24) is 20.2 Å². The third-order valence-corrected chi connectivity index (χ3v) is 8.32. The van der Waals surface area contributed by atoms with Gasteiger partial charge in [-0.05, 0) is 56.1 Å². The number of phenolic OH excluding ortho intramolecular Hbond substituents is 1. The van der Waals surface area contributed by atoms with Gasteiger partial charge in [-0.2, -0.15) is 5.26 Å². The molecule has 0 radical (unpaired) electrons. The summed E-state index contributed by atoms with van der Waals surface area (Å²) in [7, 11) is 0. The van der Waals surface area contributed by atoms with Crippen LogP contribution in [0.3, 0.4) is 0 Å². The molecule has 3 aliphatic rings. The fourth-order valence-corrected chi connectivity index (χ4v) is 6.43. The highest BCUT2D eigenvalue weighted by molar-refractivity contribution is 7.13. The lowest BCUT2D eigenvalue weighted by molar-refractivity contribution is 0.0631. The molecule has 6 rings (SSSR count). The molecule has 174 valence electrons. The molecule has 2 heterocycles. The van der Waals surface area contributed by atoms with Gasteiger partial charge in [0.15, 0.2) is 17.3 Å². The van der Waals surface area contributed by atoms with E-state index < -0.39 is 6.17 Å². The number of anilines is 1. The van der Waals surface area contributed by atoms with Crippen LogP contribution < -0.4 is 4.90 Å². The van der Waals surface area contributed by atoms with Crippen molar-refractivity contribution in [3.05, 3.63) is 35.5 Å². The van der Waals surface area contributed by atoms with Gasteiger partial charge in [-0.25, -0.2) is 14.4 Å². The molecule has 3 aliphatic carbocycles. The Morgan fingerprint density at radius 3 is 2.74 bits per heavy atom. The number of nitrogens with zero attached hydrogens (tertiary/aromatic N) is 6. The maximum atomic E-state index is 15.5. The van der Waals surface area contributed by atoms with Crippen molar-refractivity contribution in [3.8, 4) is 33.8 Å². The van der Waals surface area contributed by atoms with E-state index in [4.69, 9.17) is 5.26 Å². The zero-order chi connectivity index (χ0) is 23.2. The number of aromatic nitrogens is 4. The summed E-state index contributed by atoms with van der Waals surface area (Å²) in [4.78, 5) is 10.9. The molecule has 2 bridgehead atoms. The van der Waals surface area contributed by atoms with Crippen molar-refractivity contribution in [2.45, 2.75) is 63.2 Å². The van der Waals surface area contributed by atoms with Crippen LogP contribution in [0.2, 0.25) is 0 Å². The maximum absolute atomic E-state index is 15.5. The summed E-state index contributed by atoms with van der Waals surface area (Å²) in [5.41, 5.74) is 1.53. The molecule has 34 heavy (non-hydrogen) atoms. The van der Waals surface area contributed by atoms with Crippen molar-refractivity contribution < 1.29 is 9.50 Å². The Labute approximate surface area is 201 Å². The van der Waals surface area contributed by atoms with E-state index in [2.05, 4.69) is 25.1 Å². The molecular formula is C25H25FN6OS. The number of thiazole rings is 1. The first kappa shape index (κ1) is 21.4. The zero-order valence-corrected chi connectivity index (χ0v) is 19.5. The van der Waals surface area contributed by atoms with Crippen LogP contribution in [-0.2, 0) is 0 Å². The molecule has 7 nitrogen and oxygen atoms in total. The summed E-state index contributed by atoms with van der Waals surface area (Å²) in [6.07, 6.45) is 8.18. The minimum atomic E-state index is -0.831. The molecule has 0 amide bonds. The number of rotatable bonds is 5. The third-order valence-electron chi connectivity index (χ3n) is 7.43. The lowest BCUT2D eigenvalue weighted by Crippen LogP contribution is -2.52. The van der Waals surface area contributed by atoms with E-state index in [1.54, 1.807) is 23.7 Å². The van der Waals surface area contributed by atoms with Gasteiger partial charge in [-0.1, -0.05) is 18.9 Å². The summed E-state index contributed by atoms with van der Waals surface area (Å²) in [5, 5.41) is 30.7. The Morgan fingerprint density at radius 2 is 2.03 bits per heavy atom. The predicted octanol–water partition coefficient (Wildman–Crippen LogP) is 5.12. The highest BCUT2D eigenvalue weighted by Gasteiger charge is 2.46. The second kappa shape index (κ2) is 8.58. The van der Waals surface area contributed by atoms with Gasteiger partial charge in [0.25, 0.3) is 0 Å². The molecule has 3 aromatic rings. The van der Waals surface area contributed by atoms with E-state index in [0.717, 1.165) is 38.5 Å². The Hall–Kier alpha value is -3.12. The molecule has 2 aromatic heterocycles. The number of halogens is 1. The summed E-state index contributed by atoms with van der Waals surface area (Å²) < 4.78 is 15.5. The monoisotopic (exact) mass is 476 g/mol. The minimum absolute atomic E-state index is 0.0173. The van der Waals surface area contributed by atoms with Crippen LogP contribution in [0.15, 0.2) is 29.8 Å². The molecule has 4 atom stereocenters. The van der Waals surface area contributed by atoms with Crippen LogP contribution in [-0.4, -0.2) is 43.5 Å². The van der Waals surface area contributed by atoms with E-state index >= 15 is 4.39 Å². The van der Waals surface area contributed by atoms with Crippen molar-refractivity contribution in [3.63, 3.8) is 0 Å². The quantitative estimate of drug-likeness (QED) is 0.545. The number of hydrogen-bond donors (Lipinski definition) is 1. The van der Waals surface area contributed by atoms with E-state index in [0.29, 0.717) is 45.4 Å². The first-order valence-corrected chi connectivity index (χ1v) is 12.8. The summed E-state index contributed by atoms with van der Waals surface area (Å²) in [6.45, 7) is 0. The SMILES string of the molecule is N#Cc1csc(-c2ccc(-c3ncc(N(C4CC4)[C@H]4C[C@@H]5CCC[C@@H](C5)[C@H]4F)nn3)c(O)c2)n1. The van der Waals surface area contributed by atoms with Gasteiger partial charge in [-0.15, -0.1) is 21.5 Å². The molecule has 3 fully saturated rings. The molecule has 0 spiro atoms. The van der Waals surface area contributed by atoms with Crippen LogP contribution in [0.1, 0.15) is 50.6 Å². The van der Waals surface area contributed by atoms with Gasteiger partial charge in [-0.3, -0.25) is 0 Å². The molecule has 1 aromatic carbocycles. The van der Waals surface area contributed by atoms with Gasteiger partial charge in [0, 0.05) is 17.0 Å². The number of benzene rings is 1. The van der Waals surface area contributed by atoms with Crippen molar-refractivity contribution in [2.75, 3.05) is 4.90 Å². The van der Waals surface area contributed by atoms with E-state index in [9.17, 15) is 5.11 Å². The van der Waals surface area contributed by atoms with Gasteiger partial charge < -0.3 is 10.0 Å². The number of nitriles is 1. The number of hydrogen-bond acceptors (Lipinski definition) is 8. The standard InChI is InChI=1S/C25H25FN6OS/c26-23-15-3-1-2-14(8-15)9-20(23)32(18-5-6-18)22-12-28-24(31-30-22)19-7-4-16(10-21(19)33)25-29-17(11-27)13-34-25/h4,7,10,12-15,18,20,23,33H,1-3,5-6,8-9H2/t14-,15+,20+,23-/m1/s1. The lowest BCUT2D eigenvalue weighted by atomic mass is 9.69. The van der Waals surface area contributed by atoms with Crippen LogP contribution in [0.4, 0.5) is 10.2 Å². The zero-order valence-electron chi connectivity index (χ0n) is 18.6. The molecule has 9 heteroatoms. The van der Waals surface area contributed by atoms with Crippen LogP contribution >= 0.6 is 11.3 Å². The normalized spacial score (nSPS) is 26.1. The first-order chi connectivity index (χ1) is 16.6. The Morgan fingerprint density at radius 1 is 1.15 bits per heavy atom. The van der Waals surface area contributed by atoms with Crippen molar-refractivity contribution in [1.29, 1.82) is 5.26 Å². The molecular weight excluding hydrogens is 451 g/mol. The van der Waals surface area contributed by atoms with Crippen molar-refractivity contribution in [2.24, 2.45) is 11.8 Å². The number of alkyl halides is 1. The Kier molecular flexibility index (Phi) is 5.41. The van der Waals surface area contributed by atoms with E-state index in [-0.39, 0.29) is 17.7 Å². The predicted molar refractivity (Wildman–Crippen MR) is 127 cm³/mol. The summed E-state index contributed by atoms with van der Waals surface area (Å²) in [6, 6.07) is 7.32. The van der Waals surface area contributed by atoms with Crippen LogP contribution in [0, 0.1) is 23.2 Å². The molecule has 0 unspecified atom stereocenters. The van der Waals surface area contributed by atoms with Gasteiger partial charge in [0.2, 0.25) is 0 Å². The second-order valence-corrected chi connectivity index (χ2v) is 10.6. The average molecular weight is 477 g/mol. The summed E-state index contributed by atoms with van der Waals surface area (Å²) >= 11 is 1.35. The minimum Gasteiger partial charge on any atom is -0.507 e.